The van der Waals surface area contributed by atoms with Crippen LogP contribution in [0.4, 0.5) is 0 Å². The largest absolute Gasteiger partial charge is 0.496 e. The molecule has 0 radical (unpaired) electrons. The fourth-order valence-corrected chi connectivity index (χ4v) is 2.67. The van der Waals surface area contributed by atoms with Gasteiger partial charge in [0.05, 0.1) is 19.8 Å². The van der Waals surface area contributed by atoms with Crippen LogP contribution in [0.5, 0.6) is 5.75 Å². The zero-order chi connectivity index (χ0) is 15.2. The van der Waals surface area contributed by atoms with Gasteiger partial charge in [0.2, 0.25) is 5.91 Å². The minimum absolute atomic E-state index is 0.0960. The number of carbonyl (C=O) groups excluding carboxylic acids is 1. The van der Waals surface area contributed by atoms with Crippen LogP contribution in [-0.2, 0) is 16.1 Å². The fourth-order valence-electron chi connectivity index (χ4n) is 2.67. The van der Waals surface area contributed by atoms with E-state index in [1.807, 2.05) is 12.1 Å². The summed E-state index contributed by atoms with van der Waals surface area (Å²) >= 11 is 0. The quantitative estimate of drug-likeness (QED) is 0.839. The topological polar surface area (TPSA) is 59.6 Å². The second kappa shape index (κ2) is 7.43. The van der Waals surface area contributed by atoms with Gasteiger partial charge in [-0.15, -0.1) is 0 Å². The Labute approximate surface area is 126 Å². The van der Waals surface area contributed by atoms with E-state index in [4.69, 9.17) is 9.47 Å². The molecule has 1 saturated heterocycles. The van der Waals surface area contributed by atoms with Crippen molar-refractivity contribution in [1.29, 1.82) is 0 Å². The first-order valence-corrected chi connectivity index (χ1v) is 7.35. The van der Waals surface area contributed by atoms with E-state index in [9.17, 15) is 4.79 Å². The molecule has 0 aliphatic carbocycles. The number of piperidine rings is 1. The van der Waals surface area contributed by atoms with Crippen molar-refractivity contribution in [1.82, 2.24) is 10.6 Å². The summed E-state index contributed by atoms with van der Waals surface area (Å²) in [7, 11) is 3.32. The second-order valence-corrected chi connectivity index (χ2v) is 5.38. The van der Waals surface area contributed by atoms with Crippen molar-refractivity contribution in [2.24, 2.45) is 0 Å². The number of rotatable bonds is 6. The van der Waals surface area contributed by atoms with Gasteiger partial charge in [0, 0.05) is 25.3 Å². The van der Waals surface area contributed by atoms with Crippen molar-refractivity contribution < 1.29 is 14.3 Å². The summed E-state index contributed by atoms with van der Waals surface area (Å²) in [4.78, 5) is 11.8. The van der Waals surface area contributed by atoms with Crippen LogP contribution in [0, 0.1) is 0 Å². The van der Waals surface area contributed by atoms with Gasteiger partial charge < -0.3 is 14.8 Å². The van der Waals surface area contributed by atoms with Crippen LogP contribution in [-0.4, -0.2) is 32.7 Å². The summed E-state index contributed by atoms with van der Waals surface area (Å²) in [6.07, 6.45) is 1.91. The van der Waals surface area contributed by atoms with E-state index >= 15 is 0 Å². The summed E-state index contributed by atoms with van der Waals surface area (Å²) in [5.41, 5.74) is 2.14. The van der Waals surface area contributed by atoms with Gasteiger partial charge in [0.15, 0.2) is 0 Å². The van der Waals surface area contributed by atoms with E-state index in [2.05, 4.69) is 23.6 Å². The second-order valence-electron chi connectivity index (χ2n) is 5.38. The maximum absolute atomic E-state index is 11.8. The summed E-state index contributed by atoms with van der Waals surface area (Å²) in [6, 6.07) is 6.03. The molecule has 2 unspecified atom stereocenters. The van der Waals surface area contributed by atoms with Crippen molar-refractivity contribution in [3.8, 4) is 5.75 Å². The van der Waals surface area contributed by atoms with Crippen LogP contribution in [0.1, 0.15) is 36.9 Å². The monoisotopic (exact) mass is 292 g/mol. The smallest absolute Gasteiger partial charge is 0.237 e. The highest BCUT2D eigenvalue weighted by Crippen LogP contribution is 2.24. The van der Waals surface area contributed by atoms with E-state index < -0.39 is 0 Å². The van der Waals surface area contributed by atoms with E-state index in [0.717, 1.165) is 36.3 Å². The highest BCUT2D eigenvalue weighted by atomic mass is 16.5. The van der Waals surface area contributed by atoms with E-state index in [0.29, 0.717) is 6.61 Å². The number of carbonyl (C=O) groups is 1. The molecule has 0 aromatic heterocycles. The minimum atomic E-state index is -0.110. The highest BCUT2D eigenvalue weighted by molar-refractivity contribution is 5.82. The standard InChI is InChI=1S/C16H24N2O3/c1-11(18-14-5-4-8-17-16(14)19)12-6-7-15(21-3)13(9-12)10-20-2/h6-7,9,11,14,18H,4-5,8,10H2,1-3H3,(H,17,19). The van der Waals surface area contributed by atoms with Gasteiger partial charge in [0.25, 0.3) is 0 Å². The molecule has 1 fully saturated rings. The average Bonchev–Trinajstić information content (AvgIpc) is 2.50. The molecular formula is C16H24N2O3. The predicted octanol–water partition coefficient (Wildman–Crippen LogP) is 1.77. The van der Waals surface area contributed by atoms with Crippen LogP contribution >= 0.6 is 0 Å². The first kappa shape index (κ1) is 15.8. The van der Waals surface area contributed by atoms with Gasteiger partial charge >= 0.3 is 0 Å². The predicted molar refractivity (Wildman–Crippen MR) is 81.3 cm³/mol. The third-order valence-corrected chi connectivity index (χ3v) is 3.84. The Balaban J connectivity index is 2.09. The minimum Gasteiger partial charge on any atom is -0.496 e. The van der Waals surface area contributed by atoms with Gasteiger partial charge in [-0.25, -0.2) is 0 Å². The fraction of sp³-hybridized carbons (Fsp3) is 0.562. The Hall–Kier alpha value is -1.59. The van der Waals surface area contributed by atoms with E-state index in [1.165, 1.54) is 0 Å². The lowest BCUT2D eigenvalue weighted by Crippen LogP contribution is -2.48. The zero-order valence-corrected chi connectivity index (χ0v) is 12.9. The number of nitrogens with one attached hydrogen (secondary N) is 2. The normalized spacial score (nSPS) is 20.0. The maximum Gasteiger partial charge on any atom is 0.237 e. The van der Waals surface area contributed by atoms with Gasteiger partial charge in [-0.1, -0.05) is 6.07 Å². The number of methoxy groups -OCH3 is 2. The van der Waals surface area contributed by atoms with Crippen molar-refractivity contribution in [2.45, 2.75) is 38.5 Å². The molecule has 0 bridgehead atoms. The Morgan fingerprint density at radius 3 is 2.90 bits per heavy atom. The Morgan fingerprint density at radius 2 is 2.24 bits per heavy atom. The molecule has 1 aromatic rings. The van der Waals surface area contributed by atoms with Crippen LogP contribution < -0.4 is 15.4 Å². The summed E-state index contributed by atoms with van der Waals surface area (Å²) in [6.45, 7) is 3.36. The lowest BCUT2D eigenvalue weighted by Gasteiger charge is -2.26. The molecule has 2 rings (SSSR count). The molecule has 1 aliphatic heterocycles. The molecule has 116 valence electrons. The molecule has 1 heterocycles. The summed E-state index contributed by atoms with van der Waals surface area (Å²) < 4.78 is 10.5. The molecule has 5 heteroatoms. The van der Waals surface area contributed by atoms with Gasteiger partial charge in [0.1, 0.15) is 5.75 Å². The summed E-state index contributed by atoms with van der Waals surface area (Å²) in [5.74, 6) is 0.918. The van der Waals surface area contributed by atoms with Gasteiger partial charge in [-0.3, -0.25) is 10.1 Å². The van der Waals surface area contributed by atoms with Crippen molar-refractivity contribution in [3.05, 3.63) is 29.3 Å². The zero-order valence-electron chi connectivity index (χ0n) is 12.9. The Kier molecular flexibility index (Phi) is 5.59. The van der Waals surface area contributed by atoms with Crippen LogP contribution in [0.2, 0.25) is 0 Å². The first-order valence-electron chi connectivity index (χ1n) is 7.35. The molecule has 21 heavy (non-hydrogen) atoms. The number of hydrogen-bond donors (Lipinski definition) is 2. The molecule has 0 spiro atoms. The molecule has 2 N–H and O–H groups in total. The van der Waals surface area contributed by atoms with E-state index in [1.54, 1.807) is 14.2 Å². The highest BCUT2D eigenvalue weighted by Gasteiger charge is 2.23. The van der Waals surface area contributed by atoms with Crippen molar-refractivity contribution in [3.63, 3.8) is 0 Å². The number of benzene rings is 1. The molecule has 1 aliphatic rings. The number of ether oxygens (including phenoxy) is 2. The van der Waals surface area contributed by atoms with Gasteiger partial charge in [-0.2, -0.15) is 0 Å². The first-order chi connectivity index (χ1) is 10.2. The molecule has 2 atom stereocenters. The Bertz CT molecular complexity index is 490. The third kappa shape index (κ3) is 3.95. The molecule has 0 saturated carbocycles. The van der Waals surface area contributed by atoms with Crippen molar-refractivity contribution >= 4 is 5.91 Å². The number of hydrogen-bond acceptors (Lipinski definition) is 4. The molecule has 1 amide bonds. The molecular weight excluding hydrogens is 268 g/mol. The van der Waals surface area contributed by atoms with Crippen molar-refractivity contribution in [2.75, 3.05) is 20.8 Å². The lowest BCUT2D eigenvalue weighted by molar-refractivity contribution is -0.124. The van der Waals surface area contributed by atoms with E-state index in [-0.39, 0.29) is 18.0 Å². The van der Waals surface area contributed by atoms with Crippen LogP contribution in [0.3, 0.4) is 0 Å². The van der Waals surface area contributed by atoms with Crippen LogP contribution in [0.15, 0.2) is 18.2 Å². The lowest BCUT2D eigenvalue weighted by atomic mass is 10.0. The number of amides is 1. The average molecular weight is 292 g/mol. The molecule has 5 nitrogen and oxygen atoms in total. The van der Waals surface area contributed by atoms with Gasteiger partial charge in [-0.05, 0) is 37.5 Å². The van der Waals surface area contributed by atoms with Crippen LogP contribution in [0.25, 0.3) is 0 Å². The third-order valence-electron chi connectivity index (χ3n) is 3.84. The SMILES string of the molecule is COCc1cc(C(C)NC2CCCNC2=O)ccc1OC. The Morgan fingerprint density at radius 1 is 1.43 bits per heavy atom. The maximum atomic E-state index is 11.8. The summed E-state index contributed by atoms with van der Waals surface area (Å²) in [5, 5.41) is 6.30. The molecule has 1 aromatic carbocycles.